The van der Waals surface area contributed by atoms with E-state index >= 15 is 0 Å². The van der Waals surface area contributed by atoms with Gasteiger partial charge in [0.25, 0.3) is 0 Å². The van der Waals surface area contributed by atoms with E-state index in [4.69, 9.17) is 5.11 Å². The minimum absolute atomic E-state index is 0.0498. The van der Waals surface area contributed by atoms with Crippen molar-refractivity contribution in [1.29, 1.82) is 0 Å². The molecule has 1 aromatic carbocycles. The van der Waals surface area contributed by atoms with Crippen LogP contribution in [-0.4, -0.2) is 37.5 Å². The van der Waals surface area contributed by atoms with Gasteiger partial charge in [-0.05, 0) is 25.0 Å². The normalized spacial score (nSPS) is 14.4. The average Bonchev–Trinajstić information content (AvgIpc) is 2.34. The van der Waals surface area contributed by atoms with Crippen LogP contribution in [0.5, 0.6) is 0 Å². The van der Waals surface area contributed by atoms with Crippen LogP contribution in [0.4, 0.5) is 13.2 Å². The van der Waals surface area contributed by atoms with E-state index in [1.807, 2.05) is 0 Å². The third kappa shape index (κ3) is 5.29. The molecule has 0 aliphatic rings. The van der Waals surface area contributed by atoms with E-state index < -0.39 is 33.6 Å². The van der Waals surface area contributed by atoms with Crippen LogP contribution in [0.1, 0.15) is 24.5 Å². The van der Waals surface area contributed by atoms with Crippen molar-refractivity contribution < 1.29 is 26.7 Å². The van der Waals surface area contributed by atoms with Crippen molar-refractivity contribution >= 4 is 10.0 Å². The van der Waals surface area contributed by atoms with Crippen LogP contribution in [0.2, 0.25) is 0 Å². The van der Waals surface area contributed by atoms with Crippen molar-refractivity contribution in [2.24, 2.45) is 0 Å². The summed E-state index contributed by atoms with van der Waals surface area (Å²) in [6.45, 7) is 1.56. The Morgan fingerprint density at radius 3 is 2.38 bits per heavy atom. The summed E-state index contributed by atoms with van der Waals surface area (Å²) in [4.78, 5) is 0. The Labute approximate surface area is 122 Å². The molecule has 0 saturated carbocycles. The van der Waals surface area contributed by atoms with Gasteiger partial charge in [-0.25, -0.2) is 12.7 Å². The number of benzene rings is 1. The average molecular weight is 325 g/mol. The second-order valence-electron chi connectivity index (χ2n) is 4.87. The maximum Gasteiger partial charge on any atom is 0.416 e. The lowest BCUT2D eigenvalue weighted by molar-refractivity contribution is -0.138. The van der Waals surface area contributed by atoms with Crippen LogP contribution in [0.15, 0.2) is 24.3 Å². The van der Waals surface area contributed by atoms with Crippen molar-refractivity contribution in [3.05, 3.63) is 35.4 Å². The molecule has 0 aliphatic heterocycles. The molecule has 0 spiro atoms. The summed E-state index contributed by atoms with van der Waals surface area (Å²) in [6.07, 6.45) is -5.05. The minimum Gasteiger partial charge on any atom is -0.393 e. The maximum absolute atomic E-state index is 12.8. The summed E-state index contributed by atoms with van der Waals surface area (Å²) in [5.74, 6) is -0.723. The number of sulfonamides is 1. The van der Waals surface area contributed by atoms with Gasteiger partial charge in [0, 0.05) is 13.6 Å². The van der Waals surface area contributed by atoms with Crippen LogP contribution in [0, 0.1) is 0 Å². The lowest BCUT2D eigenvalue weighted by atomic mass is 10.1. The van der Waals surface area contributed by atoms with Gasteiger partial charge in [0.2, 0.25) is 10.0 Å². The molecule has 0 heterocycles. The number of aliphatic hydroxyl groups excluding tert-OH is 1. The molecular weight excluding hydrogens is 307 g/mol. The molecule has 0 saturated heterocycles. The lowest BCUT2D eigenvalue weighted by Crippen LogP contribution is -2.31. The first kappa shape index (κ1) is 17.9. The first-order valence-corrected chi connectivity index (χ1v) is 7.92. The van der Waals surface area contributed by atoms with Crippen molar-refractivity contribution in [3.63, 3.8) is 0 Å². The Morgan fingerprint density at radius 2 is 1.86 bits per heavy atom. The highest BCUT2D eigenvalue weighted by atomic mass is 32.2. The number of hydrogen-bond donors (Lipinski definition) is 1. The van der Waals surface area contributed by atoms with Gasteiger partial charge in [0.05, 0.1) is 17.4 Å². The molecule has 120 valence electrons. The third-order valence-corrected chi connectivity index (χ3v) is 4.81. The monoisotopic (exact) mass is 325 g/mol. The van der Waals surface area contributed by atoms with Gasteiger partial charge < -0.3 is 5.11 Å². The first-order valence-electron chi connectivity index (χ1n) is 6.31. The number of halogens is 3. The molecule has 0 amide bonds. The van der Waals surface area contributed by atoms with Crippen LogP contribution in [0.3, 0.4) is 0 Å². The molecule has 8 heteroatoms. The fourth-order valence-corrected chi connectivity index (χ4v) is 2.99. The third-order valence-electron chi connectivity index (χ3n) is 3.00. The molecule has 4 nitrogen and oxygen atoms in total. The highest BCUT2D eigenvalue weighted by molar-refractivity contribution is 7.88. The quantitative estimate of drug-likeness (QED) is 0.873. The van der Waals surface area contributed by atoms with Crippen molar-refractivity contribution in [1.82, 2.24) is 4.31 Å². The van der Waals surface area contributed by atoms with E-state index in [-0.39, 0.29) is 18.5 Å². The number of hydrogen-bond acceptors (Lipinski definition) is 3. The topological polar surface area (TPSA) is 57.6 Å². The largest absolute Gasteiger partial charge is 0.416 e. The van der Waals surface area contributed by atoms with E-state index in [0.29, 0.717) is 0 Å². The van der Waals surface area contributed by atoms with Gasteiger partial charge in [-0.2, -0.15) is 13.2 Å². The van der Waals surface area contributed by atoms with E-state index in [2.05, 4.69) is 0 Å². The predicted octanol–water partition coefficient (Wildman–Crippen LogP) is 2.24. The maximum atomic E-state index is 12.8. The van der Waals surface area contributed by atoms with Crippen molar-refractivity contribution in [3.8, 4) is 0 Å². The highest BCUT2D eigenvalue weighted by Gasteiger charge is 2.34. The molecule has 1 aromatic rings. The molecule has 0 aromatic heterocycles. The number of nitrogens with zero attached hydrogens (tertiary/aromatic N) is 1. The van der Waals surface area contributed by atoms with E-state index in [1.165, 1.54) is 26.1 Å². The summed E-state index contributed by atoms with van der Waals surface area (Å²) in [5, 5.41) is 9.14. The van der Waals surface area contributed by atoms with Gasteiger partial charge in [-0.1, -0.05) is 18.2 Å². The molecule has 1 atom stereocenters. The van der Waals surface area contributed by atoms with Crippen LogP contribution in [0.25, 0.3) is 0 Å². The zero-order valence-electron chi connectivity index (χ0n) is 11.8. The molecule has 0 bridgehead atoms. The molecule has 0 fully saturated rings. The molecule has 1 rings (SSSR count). The number of aliphatic hydroxyl groups is 1. The second-order valence-corrected chi connectivity index (χ2v) is 6.95. The summed E-state index contributed by atoms with van der Waals surface area (Å²) in [6, 6.07) is 4.61. The smallest absolute Gasteiger partial charge is 0.393 e. The van der Waals surface area contributed by atoms with Gasteiger partial charge in [0.1, 0.15) is 0 Å². The Kier molecular flexibility index (Phi) is 5.77. The standard InChI is InChI=1S/C13H18F3NO3S/c1-10(18)7-8-17(2)21(19,20)9-11-5-3-4-6-12(11)13(14,15)16/h3-6,10,18H,7-9H2,1-2H3/t10-/m0/s1. The molecule has 0 unspecified atom stereocenters. The number of alkyl halides is 3. The zero-order valence-corrected chi connectivity index (χ0v) is 12.6. The van der Waals surface area contributed by atoms with Gasteiger partial charge in [-0.15, -0.1) is 0 Å². The van der Waals surface area contributed by atoms with E-state index in [9.17, 15) is 21.6 Å². The summed E-state index contributed by atoms with van der Waals surface area (Å²) in [5.41, 5.74) is -1.23. The van der Waals surface area contributed by atoms with Gasteiger partial charge in [-0.3, -0.25) is 0 Å². The van der Waals surface area contributed by atoms with E-state index in [0.717, 1.165) is 16.4 Å². The minimum atomic E-state index is -4.59. The molecule has 21 heavy (non-hydrogen) atoms. The van der Waals surface area contributed by atoms with E-state index in [1.54, 1.807) is 0 Å². The SMILES string of the molecule is C[C@H](O)CCN(C)S(=O)(=O)Cc1ccccc1C(F)(F)F. The summed E-state index contributed by atoms with van der Waals surface area (Å²) < 4.78 is 63.6. The van der Waals surface area contributed by atoms with Gasteiger partial charge >= 0.3 is 6.18 Å². The molecule has 0 radical (unpaired) electrons. The fraction of sp³-hybridized carbons (Fsp3) is 0.538. The predicted molar refractivity (Wildman–Crippen MR) is 73.0 cm³/mol. The Morgan fingerprint density at radius 1 is 1.29 bits per heavy atom. The fourth-order valence-electron chi connectivity index (χ4n) is 1.74. The highest BCUT2D eigenvalue weighted by Crippen LogP contribution is 2.32. The number of rotatable bonds is 6. The van der Waals surface area contributed by atoms with Crippen LogP contribution < -0.4 is 0 Å². The Bertz CT molecular complexity index is 570. The van der Waals surface area contributed by atoms with Crippen LogP contribution in [-0.2, 0) is 22.0 Å². The Balaban J connectivity index is 2.95. The van der Waals surface area contributed by atoms with Crippen LogP contribution >= 0.6 is 0 Å². The molecular formula is C13H18F3NO3S. The van der Waals surface area contributed by atoms with Crippen molar-refractivity contribution in [2.45, 2.75) is 31.4 Å². The van der Waals surface area contributed by atoms with Gasteiger partial charge in [0.15, 0.2) is 0 Å². The first-order chi connectivity index (χ1) is 9.54. The second kappa shape index (κ2) is 6.76. The molecule has 1 N–H and O–H groups in total. The summed E-state index contributed by atoms with van der Waals surface area (Å²) in [7, 11) is -2.58. The van der Waals surface area contributed by atoms with Crippen molar-refractivity contribution in [2.75, 3.05) is 13.6 Å². The summed E-state index contributed by atoms with van der Waals surface area (Å²) >= 11 is 0. The Hall–Kier alpha value is -1.12. The molecule has 0 aliphatic carbocycles. The zero-order chi connectivity index (χ0) is 16.3. The lowest BCUT2D eigenvalue weighted by Gasteiger charge is -2.19.